The highest BCUT2D eigenvalue weighted by molar-refractivity contribution is 7.84. The molecule has 2 aromatic rings. The largest absolute Gasteiger partial charge is 0.311 e. The second kappa shape index (κ2) is 7.06. The van der Waals surface area contributed by atoms with Gasteiger partial charge >= 0.3 is 0 Å². The van der Waals surface area contributed by atoms with Crippen LogP contribution in [-0.2, 0) is 22.1 Å². The molecule has 0 spiro atoms. The van der Waals surface area contributed by atoms with Crippen LogP contribution in [0.1, 0.15) is 12.0 Å². The van der Waals surface area contributed by atoms with Gasteiger partial charge in [0.1, 0.15) is 0 Å². The van der Waals surface area contributed by atoms with Crippen LogP contribution in [-0.4, -0.2) is 29.0 Å². The number of nitrogens with zero attached hydrogens (tertiary/aromatic N) is 1. The van der Waals surface area contributed by atoms with Crippen LogP contribution in [0, 0.1) is 0 Å². The molecule has 1 N–H and O–H groups in total. The summed E-state index contributed by atoms with van der Waals surface area (Å²) in [4.78, 5) is 14.8. The predicted molar refractivity (Wildman–Crippen MR) is 92.8 cm³/mol. The Balaban J connectivity index is 1.57. The average Bonchev–Trinajstić information content (AvgIpc) is 2.95. The number of anilines is 1. The van der Waals surface area contributed by atoms with Crippen LogP contribution in [0.3, 0.4) is 0 Å². The van der Waals surface area contributed by atoms with Gasteiger partial charge in [-0.2, -0.15) is 0 Å². The second-order valence-corrected chi connectivity index (χ2v) is 7.10. The summed E-state index contributed by atoms with van der Waals surface area (Å²) in [7, 11) is -0.946. The maximum absolute atomic E-state index is 12.2. The Morgan fingerprint density at radius 3 is 2.48 bits per heavy atom. The van der Waals surface area contributed by atoms with Crippen LogP contribution < -0.4 is 10.2 Å². The van der Waals surface area contributed by atoms with Crippen LogP contribution in [0.4, 0.5) is 5.69 Å². The van der Waals surface area contributed by atoms with E-state index in [1.54, 1.807) is 6.26 Å². The van der Waals surface area contributed by atoms with E-state index in [-0.39, 0.29) is 11.9 Å². The highest BCUT2D eigenvalue weighted by Crippen LogP contribution is 2.21. The van der Waals surface area contributed by atoms with Gasteiger partial charge in [0.15, 0.2) is 0 Å². The molecule has 2 atom stereocenters. The first-order chi connectivity index (χ1) is 11.1. The van der Waals surface area contributed by atoms with Crippen molar-refractivity contribution in [3.63, 3.8) is 0 Å². The number of para-hydroxylation sites is 1. The van der Waals surface area contributed by atoms with E-state index in [9.17, 15) is 9.00 Å². The van der Waals surface area contributed by atoms with Crippen molar-refractivity contribution in [1.29, 1.82) is 0 Å². The SMILES string of the molecule is C[S@@](=O)c1ccc(CN[C@H]2CC(=O)N(c3ccccc3)C2)cc1. The van der Waals surface area contributed by atoms with E-state index < -0.39 is 10.8 Å². The van der Waals surface area contributed by atoms with Crippen molar-refractivity contribution in [3.8, 4) is 0 Å². The summed E-state index contributed by atoms with van der Waals surface area (Å²) in [5, 5.41) is 3.44. The Hall–Kier alpha value is -1.98. The van der Waals surface area contributed by atoms with Crippen LogP contribution in [0.15, 0.2) is 59.5 Å². The van der Waals surface area contributed by atoms with Crippen LogP contribution in [0.25, 0.3) is 0 Å². The fourth-order valence-electron chi connectivity index (χ4n) is 2.76. The lowest BCUT2D eigenvalue weighted by Crippen LogP contribution is -2.32. The maximum atomic E-state index is 12.2. The summed E-state index contributed by atoms with van der Waals surface area (Å²) in [6.07, 6.45) is 2.20. The molecule has 0 saturated carbocycles. The minimum absolute atomic E-state index is 0.155. The van der Waals surface area contributed by atoms with Gasteiger partial charge in [0.25, 0.3) is 0 Å². The Morgan fingerprint density at radius 1 is 1.13 bits per heavy atom. The van der Waals surface area contributed by atoms with Gasteiger partial charge in [-0.3, -0.25) is 9.00 Å². The molecule has 23 heavy (non-hydrogen) atoms. The lowest BCUT2D eigenvalue weighted by Gasteiger charge is -2.17. The first-order valence-corrected chi connectivity index (χ1v) is 9.20. The van der Waals surface area contributed by atoms with Crippen molar-refractivity contribution in [2.45, 2.75) is 23.9 Å². The molecule has 0 aromatic heterocycles. The third-order valence-corrected chi connectivity index (χ3v) is 4.98. The number of amides is 1. The third-order valence-electron chi connectivity index (χ3n) is 4.04. The Bertz CT molecular complexity index is 701. The van der Waals surface area contributed by atoms with E-state index in [4.69, 9.17) is 0 Å². The molecule has 0 radical (unpaired) electrons. The number of hydrogen-bond acceptors (Lipinski definition) is 3. The second-order valence-electron chi connectivity index (χ2n) is 5.72. The van der Waals surface area contributed by atoms with Crippen molar-refractivity contribution in [3.05, 3.63) is 60.2 Å². The first-order valence-electron chi connectivity index (χ1n) is 7.64. The van der Waals surface area contributed by atoms with E-state index in [1.165, 1.54) is 0 Å². The molecule has 2 aromatic carbocycles. The molecule has 1 aliphatic rings. The molecule has 0 bridgehead atoms. The molecule has 1 fully saturated rings. The summed E-state index contributed by atoms with van der Waals surface area (Å²) in [5.74, 6) is 0.158. The van der Waals surface area contributed by atoms with Gasteiger partial charge in [0.05, 0.1) is 0 Å². The molecular formula is C18H20N2O2S. The van der Waals surface area contributed by atoms with E-state index in [0.29, 0.717) is 19.5 Å². The van der Waals surface area contributed by atoms with Crippen molar-refractivity contribution in [2.75, 3.05) is 17.7 Å². The van der Waals surface area contributed by atoms with Gasteiger partial charge in [-0.25, -0.2) is 0 Å². The number of nitrogens with one attached hydrogen (secondary N) is 1. The average molecular weight is 328 g/mol. The normalized spacial score (nSPS) is 19.1. The fraction of sp³-hybridized carbons (Fsp3) is 0.278. The van der Waals surface area contributed by atoms with Crippen LogP contribution in [0.5, 0.6) is 0 Å². The molecule has 1 saturated heterocycles. The number of carbonyl (C=O) groups is 1. The Kier molecular flexibility index (Phi) is 4.88. The lowest BCUT2D eigenvalue weighted by atomic mass is 10.2. The van der Waals surface area contributed by atoms with Gasteiger partial charge in [0.2, 0.25) is 5.91 Å². The highest BCUT2D eigenvalue weighted by Gasteiger charge is 2.29. The Labute approximate surface area is 139 Å². The van der Waals surface area contributed by atoms with E-state index in [1.807, 2.05) is 59.5 Å². The molecular weight excluding hydrogens is 308 g/mol. The van der Waals surface area contributed by atoms with Crippen molar-refractivity contribution in [1.82, 2.24) is 5.32 Å². The summed E-state index contributed by atoms with van der Waals surface area (Å²) < 4.78 is 11.4. The standard InChI is InChI=1S/C18H20N2O2S/c1-23(22)17-9-7-14(8-10-17)12-19-15-11-18(21)20(13-15)16-5-3-2-4-6-16/h2-10,15,19H,11-13H2,1H3/t15-,23+/m0/s1. The summed E-state index contributed by atoms with van der Waals surface area (Å²) >= 11 is 0. The molecule has 3 rings (SSSR count). The molecule has 0 aliphatic carbocycles. The number of benzene rings is 2. The summed E-state index contributed by atoms with van der Waals surface area (Å²) in [5.41, 5.74) is 2.08. The number of carbonyl (C=O) groups excluding carboxylic acids is 1. The summed E-state index contributed by atoms with van der Waals surface area (Å²) in [6.45, 7) is 1.40. The van der Waals surface area contributed by atoms with E-state index in [0.717, 1.165) is 16.1 Å². The summed E-state index contributed by atoms with van der Waals surface area (Å²) in [6, 6.07) is 17.7. The minimum Gasteiger partial charge on any atom is -0.311 e. The highest BCUT2D eigenvalue weighted by atomic mass is 32.2. The maximum Gasteiger partial charge on any atom is 0.228 e. The molecule has 1 amide bonds. The van der Waals surface area contributed by atoms with E-state index >= 15 is 0 Å². The molecule has 120 valence electrons. The molecule has 5 heteroatoms. The Morgan fingerprint density at radius 2 is 1.83 bits per heavy atom. The lowest BCUT2D eigenvalue weighted by molar-refractivity contribution is -0.117. The molecule has 4 nitrogen and oxygen atoms in total. The quantitative estimate of drug-likeness (QED) is 0.916. The van der Waals surface area contributed by atoms with Gasteiger partial charge < -0.3 is 10.2 Å². The fourth-order valence-corrected chi connectivity index (χ4v) is 3.28. The van der Waals surface area contributed by atoms with Crippen LogP contribution in [0.2, 0.25) is 0 Å². The molecule has 0 unspecified atom stereocenters. The molecule has 1 heterocycles. The first kappa shape index (κ1) is 15.9. The predicted octanol–water partition coefficient (Wildman–Crippen LogP) is 2.32. The van der Waals surface area contributed by atoms with Gasteiger partial charge in [0, 0.05) is 53.2 Å². The minimum atomic E-state index is -0.946. The monoisotopic (exact) mass is 328 g/mol. The zero-order chi connectivity index (χ0) is 16.2. The zero-order valence-electron chi connectivity index (χ0n) is 13.1. The number of hydrogen-bond donors (Lipinski definition) is 1. The van der Waals surface area contributed by atoms with Crippen molar-refractivity contribution < 1.29 is 9.00 Å². The molecule has 1 aliphatic heterocycles. The van der Waals surface area contributed by atoms with Gasteiger partial charge in [-0.1, -0.05) is 30.3 Å². The number of rotatable bonds is 5. The van der Waals surface area contributed by atoms with Gasteiger partial charge in [-0.15, -0.1) is 0 Å². The van der Waals surface area contributed by atoms with Crippen molar-refractivity contribution >= 4 is 22.4 Å². The zero-order valence-corrected chi connectivity index (χ0v) is 13.9. The van der Waals surface area contributed by atoms with Gasteiger partial charge in [-0.05, 0) is 29.8 Å². The van der Waals surface area contributed by atoms with Crippen LogP contribution >= 0.6 is 0 Å². The van der Waals surface area contributed by atoms with E-state index in [2.05, 4.69) is 5.32 Å². The smallest absolute Gasteiger partial charge is 0.228 e. The van der Waals surface area contributed by atoms with Crippen molar-refractivity contribution in [2.24, 2.45) is 0 Å². The third kappa shape index (κ3) is 3.86. The topological polar surface area (TPSA) is 49.4 Å².